The van der Waals surface area contributed by atoms with Gasteiger partial charge in [-0.25, -0.2) is 9.59 Å². The van der Waals surface area contributed by atoms with Crippen LogP contribution in [0, 0.1) is 0 Å². The number of nitrogens with one attached hydrogen (secondary N) is 2. The number of ether oxygens (including phenoxy) is 2. The lowest BCUT2D eigenvalue weighted by molar-refractivity contribution is -0.122. The number of rotatable bonds is 12. The number of hydrogen-bond donors (Lipinski definition) is 2. The highest BCUT2D eigenvalue weighted by molar-refractivity contribution is 9.10. The Morgan fingerprint density at radius 3 is 1.54 bits per heavy atom. The predicted molar refractivity (Wildman–Crippen MR) is 264 cm³/mol. The fourth-order valence-corrected chi connectivity index (χ4v) is 9.58. The third kappa shape index (κ3) is 12.4. The molecule has 4 aliphatic heterocycles. The van der Waals surface area contributed by atoms with Crippen LogP contribution >= 0.6 is 43.5 Å². The zero-order valence-corrected chi connectivity index (χ0v) is 41.6. The Hall–Kier alpha value is -4.67. The molecule has 0 aliphatic carbocycles. The van der Waals surface area contributed by atoms with Crippen molar-refractivity contribution in [3.63, 3.8) is 0 Å². The number of piperidine rings is 2. The first-order valence-corrected chi connectivity index (χ1v) is 24.1. The zero-order valence-electron chi connectivity index (χ0n) is 37.7. The second-order valence-corrected chi connectivity index (χ2v) is 18.8. The first-order chi connectivity index (χ1) is 31.4. The molecule has 0 saturated carbocycles. The van der Waals surface area contributed by atoms with Crippen molar-refractivity contribution in [3.8, 4) is 11.5 Å². The summed E-state index contributed by atoms with van der Waals surface area (Å²) in [5.41, 5.74) is 3.60. The summed E-state index contributed by atoms with van der Waals surface area (Å²) in [6.07, 6.45) is 4.15. The number of nitrogens with zero attached hydrogens (tertiary/aromatic N) is 5. The molecule has 0 bridgehead atoms. The van der Waals surface area contributed by atoms with Gasteiger partial charge in [0.15, 0.2) is 0 Å². The van der Waals surface area contributed by atoms with Gasteiger partial charge < -0.3 is 29.9 Å². The quantitative estimate of drug-likeness (QED) is 0.135. The van der Waals surface area contributed by atoms with Gasteiger partial charge in [-0.1, -0.05) is 63.0 Å². The van der Waals surface area contributed by atoms with Crippen LogP contribution in [0.5, 0.6) is 11.5 Å². The number of ketones is 1. The van der Waals surface area contributed by atoms with Gasteiger partial charge in [0.25, 0.3) is 0 Å². The lowest BCUT2D eigenvalue weighted by atomic mass is 9.86. The van der Waals surface area contributed by atoms with Gasteiger partial charge in [0.05, 0.1) is 50.8 Å². The van der Waals surface area contributed by atoms with Gasteiger partial charge in [-0.05, 0) is 123 Å². The standard InChI is InChI=1S/C24H29BrN4O3.C21H24BrN3O2.C4H7ClO/c1-26-22(30)16-27-12-10-24(11-13-27)17-28(20-8-6-19(25)7-9-20)23(31)29(24)15-18-4-3-5-21(14-18)32-2;1-27-19-4-2-3-16(13-19)14-25-20(26)24(18-7-5-17(22)6-8-18)15-21(25)9-11-23-12-10-21;1-2-4(6)3-5/h3-9,14H,10-13,15-17H2,1-2H3,(H,26,30);2-8,13,23H,9-12,14-15H2,1H3;2-3H2,1H3. The molecular formula is C49H60Br2ClN7O6. The molecule has 65 heavy (non-hydrogen) atoms. The van der Waals surface area contributed by atoms with E-state index in [9.17, 15) is 19.2 Å². The van der Waals surface area contributed by atoms with Crippen molar-refractivity contribution in [2.75, 3.05) is 82.8 Å². The highest BCUT2D eigenvalue weighted by atomic mass is 79.9. The maximum Gasteiger partial charge on any atom is 0.325 e. The van der Waals surface area contributed by atoms with Crippen molar-refractivity contribution in [2.24, 2.45) is 0 Å². The monoisotopic (exact) mass is 1040 g/mol. The van der Waals surface area contributed by atoms with E-state index >= 15 is 0 Å². The van der Waals surface area contributed by atoms with Crippen LogP contribution in [0.4, 0.5) is 21.0 Å². The first kappa shape index (κ1) is 49.8. The van der Waals surface area contributed by atoms with E-state index in [1.807, 2.05) is 106 Å². The number of carbonyl (C=O) groups is 4. The summed E-state index contributed by atoms with van der Waals surface area (Å²) in [4.78, 5) is 59.0. The average molecular weight is 1040 g/mol. The Balaban J connectivity index is 0.000000193. The number of alkyl halides is 1. The van der Waals surface area contributed by atoms with Gasteiger partial charge in [0.2, 0.25) is 5.91 Å². The predicted octanol–water partition coefficient (Wildman–Crippen LogP) is 8.71. The van der Waals surface area contributed by atoms with Crippen molar-refractivity contribution in [1.82, 2.24) is 25.3 Å². The SMILES string of the molecule is CCC(=O)CCl.CNC(=O)CN1CCC2(CC1)CN(c1ccc(Br)cc1)C(=O)N2Cc1cccc(OC)c1.COc1cccc(CN2C(=O)N(c3ccc(Br)cc3)CC23CCNCC3)c1. The molecule has 348 valence electrons. The Kier molecular flexibility index (Phi) is 17.7. The van der Waals surface area contributed by atoms with E-state index < -0.39 is 0 Å². The average Bonchev–Trinajstić information content (AvgIpc) is 3.75. The molecule has 0 aromatic heterocycles. The fourth-order valence-electron chi connectivity index (χ4n) is 8.87. The summed E-state index contributed by atoms with van der Waals surface area (Å²) in [6.45, 7) is 8.14. The Morgan fingerprint density at radius 2 is 1.15 bits per heavy atom. The Morgan fingerprint density at radius 1 is 0.708 bits per heavy atom. The summed E-state index contributed by atoms with van der Waals surface area (Å²) in [7, 11) is 4.98. The van der Waals surface area contributed by atoms with Crippen LogP contribution in [0.25, 0.3) is 0 Å². The van der Waals surface area contributed by atoms with Crippen molar-refractivity contribution in [2.45, 2.75) is 63.2 Å². The molecule has 4 heterocycles. The summed E-state index contributed by atoms with van der Waals surface area (Å²) >= 11 is 12.1. The highest BCUT2D eigenvalue weighted by Gasteiger charge is 2.52. The number of amides is 5. The number of anilines is 2. The van der Waals surface area contributed by atoms with Crippen LogP contribution in [0.15, 0.2) is 106 Å². The van der Waals surface area contributed by atoms with Crippen molar-refractivity contribution < 1.29 is 28.7 Å². The molecule has 4 aromatic rings. The summed E-state index contributed by atoms with van der Waals surface area (Å²) in [5.74, 6) is 1.90. The number of urea groups is 2. The number of likely N-dealkylation sites (N-methyl/N-ethyl adjacent to an activating group) is 1. The number of likely N-dealkylation sites (tertiary alicyclic amines) is 1. The van der Waals surface area contributed by atoms with E-state index in [1.165, 1.54) is 0 Å². The molecule has 4 aliphatic rings. The molecule has 5 amide bonds. The van der Waals surface area contributed by atoms with E-state index in [1.54, 1.807) is 28.2 Å². The number of halogens is 3. The smallest absolute Gasteiger partial charge is 0.325 e. The van der Waals surface area contributed by atoms with Gasteiger partial charge in [-0.2, -0.15) is 0 Å². The first-order valence-electron chi connectivity index (χ1n) is 22.0. The molecule has 0 unspecified atom stereocenters. The lowest BCUT2D eigenvalue weighted by Gasteiger charge is -2.43. The Bertz CT molecular complexity index is 2230. The largest absolute Gasteiger partial charge is 0.497 e. The fraction of sp³-hybridized carbons (Fsp3) is 0.429. The minimum atomic E-state index is -0.271. The molecule has 0 atom stereocenters. The summed E-state index contributed by atoms with van der Waals surface area (Å²) in [6, 6.07) is 31.9. The third-order valence-electron chi connectivity index (χ3n) is 12.7. The number of Topliss-reactive ketones (excluding diaryl/α,β-unsaturated/α-hetero) is 1. The molecule has 2 spiro atoms. The minimum absolute atomic E-state index is 0.0215. The van der Waals surface area contributed by atoms with E-state index in [4.69, 9.17) is 21.1 Å². The molecule has 4 fully saturated rings. The second-order valence-electron chi connectivity index (χ2n) is 16.7. The number of carbonyl (C=O) groups excluding carboxylic acids is 4. The van der Waals surface area contributed by atoms with Crippen LogP contribution in [-0.2, 0) is 22.7 Å². The highest BCUT2D eigenvalue weighted by Crippen LogP contribution is 2.41. The second kappa shape index (κ2) is 23.2. The topological polar surface area (TPSA) is 127 Å². The van der Waals surface area contributed by atoms with Crippen LogP contribution < -0.4 is 29.9 Å². The maximum absolute atomic E-state index is 13.7. The molecule has 4 saturated heterocycles. The van der Waals surface area contributed by atoms with Gasteiger partial charge in [0.1, 0.15) is 17.3 Å². The molecule has 16 heteroatoms. The van der Waals surface area contributed by atoms with Crippen molar-refractivity contribution >= 4 is 78.6 Å². The van der Waals surface area contributed by atoms with E-state index in [-0.39, 0.29) is 40.7 Å². The van der Waals surface area contributed by atoms with Crippen molar-refractivity contribution in [3.05, 3.63) is 117 Å². The minimum Gasteiger partial charge on any atom is -0.497 e. The molecule has 0 radical (unpaired) electrons. The third-order valence-corrected chi connectivity index (χ3v) is 14.1. The molecular weight excluding hydrogens is 978 g/mol. The van der Waals surface area contributed by atoms with Crippen LogP contribution in [0.1, 0.15) is 50.2 Å². The summed E-state index contributed by atoms with van der Waals surface area (Å²) in [5, 5.41) is 6.13. The molecule has 8 rings (SSSR count). The maximum atomic E-state index is 13.7. The molecule has 4 aromatic carbocycles. The van der Waals surface area contributed by atoms with Crippen LogP contribution in [-0.4, -0.2) is 122 Å². The van der Waals surface area contributed by atoms with Gasteiger partial charge in [-0.15, -0.1) is 11.6 Å². The van der Waals surface area contributed by atoms with E-state index in [0.29, 0.717) is 32.6 Å². The number of methoxy groups -OCH3 is 2. The van der Waals surface area contributed by atoms with Crippen molar-refractivity contribution in [1.29, 1.82) is 0 Å². The number of hydrogen-bond acceptors (Lipinski definition) is 8. The zero-order chi connectivity index (χ0) is 46.6. The lowest BCUT2D eigenvalue weighted by Crippen LogP contribution is -2.55. The normalized spacial score (nSPS) is 17.6. The van der Waals surface area contributed by atoms with Gasteiger partial charge >= 0.3 is 12.1 Å². The summed E-state index contributed by atoms with van der Waals surface area (Å²) < 4.78 is 12.7. The molecule has 13 nitrogen and oxygen atoms in total. The van der Waals surface area contributed by atoms with Gasteiger partial charge in [-0.3, -0.25) is 24.3 Å². The molecule has 2 N–H and O–H groups in total. The van der Waals surface area contributed by atoms with E-state index in [0.717, 1.165) is 101 Å². The van der Waals surface area contributed by atoms with Gasteiger partial charge in [0, 0.05) is 60.0 Å². The van der Waals surface area contributed by atoms with Crippen LogP contribution in [0.2, 0.25) is 0 Å². The van der Waals surface area contributed by atoms with Crippen LogP contribution in [0.3, 0.4) is 0 Å². The Labute approximate surface area is 405 Å². The van der Waals surface area contributed by atoms with E-state index in [2.05, 4.69) is 58.4 Å². The number of benzene rings is 4.